The number of hydrogen-bond acceptors (Lipinski definition) is 6. The van der Waals surface area contributed by atoms with E-state index in [4.69, 9.17) is 10.5 Å². The van der Waals surface area contributed by atoms with Crippen LogP contribution in [0.15, 0.2) is 30.7 Å². The maximum atomic E-state index is 11.5. The lowest BCUT2D eigenvalue weighted by molar-refractivity contribution is 0.0527. The number of aromatic nitrogens is 3. The lowest BCUT2D eigenvalue weighted by Crippen LogP contribution is -2.10. The number of nitrogens with two attached hydrogens (primary N) is 1. The van der Waals surface area contributed by atoms with Gasteiger partial charge in [-0.05, 0) is 19.1 Å². The third kappa shape index (κ3) is 2.42. The minimum Gasteiger partial charge on any atom is -0.462 e. The van der Waals surface area contributed by atoms with Crippen LogP contribution in [0, 0.1) is 0 Å². The highest BCUT2D eigenvalue weighted by atomic mass is 16.5. The van der Waals surface area contributed by atoms with Crippen molar-refractivity contribution in [3.8, 4) is 11.4 Å². The van der Waals surface area contributed by atoms with E-state index in [0.717, 1.165) is 5.56 Å². The van der Waals surface area contributed by atoms with E-state index in [9.17, 15) is 4.79 Å². The number of anilines is 1. The van der Waals surface area contributed by atoms with Crippen LogP contribution < -0.4 is 5.73 Å². The van der Waals surface area contributed by atoms with Gasteiger partial charge in [-0.15, -0.1) is 0 Å². The highest BCUT2D eigenvalue weighted by Crippen LogP contribution is 2.17. The summed E-state index contributed by atoms with van der Waals surface area (Å²) >= 11 is 0. The van der Waals surface area contributed by atoms with E-state index in [1.165, 1.54) is 6.20 Å². The summed E-state index contributed by atoms with van der Waals surface area (Å²) in [5.41, 5.74) is 6.68. The monoisotopic (exact) mass is 244 g/mol. The molecule has 0 aliphatic heterocycles. The average molecular weight is 244 g/mol. The number of carbonyl (C=O) groups excluding carboxylic acids is 1. The molecule has 0 aliphatic rings. The Morgan fingerprint density at radius 1 is 1.39 bits per heavy atom. The molecule has 18 heavy (non-hydrogen) atoms. The van der Waals surface area contributed by atoms with Gasteiger partial charge in [-0.2, -0.15) is 0 Å². The standard InChI is InChI=1S/C12H12N4O2/c1-2-18-12(17)9-7-15-11(16-10(9)13)8-3-5-14-6-4-8/h3-7H,2H2,1H3,(H2,13,15,16). The molecule has 6 nitrogen and oxygen atoms in total. The van der Waals surface area contributed by atoms with Crippen LogP contribution in [0.2, 0.25) is 0 Å². The van der Waals surface area contributed by atoms with Crippen molar-refractivity contribution in [1.82, 2.24) is 15.0 Å². The molecule has 2 rings (SSSR count). The van der Waals surface area contributed by atoms with Gasteiger partial charge in [0.05, 0.1) is 6.61 Å². The van der Waals surface area contributed by atoms with Crippen molar-refractivity contribution < 1.29 is 9.53 Å². The Morgan fingerprint density at radius 3 is 2.72 bits per heavy atom. The summed E-state index contributed by atoms with van der Waals surface area (Å²) in [5, 5.41) is 0. The van der Waals surface area contributed by atoms with Crippen molar-refractivity contribution in [2.24, 2.45) is 0 Å². The van der Waals surface area contributed by atoms with Gasteiger partial charge in [-0.25, -0.2) is 14.8 Å². The molecule has 0 aromatic carbocycles. The van der Waals surface area contributed by atoms with Crippen LogP contribution in [0.4, 0.5) is 5.82 Å². The number of nitrogen functional groups attached to an aromatic ring is 1. The first-order chi connectivity index (χ1) is 8.72. The summed E-state index contributed by atoms with van der Waals surface area (Å²) in [7, 11) is 0. The van der Waals surface area contributed by atoms with Gasteiger partial charge in [-0.1, -0.05) is 0 Å². The Bertz CT molecular complexity index is 557. The number of ether oxygens (including phenoxy) is 1. The SMILES string of the molecule is CCOC(=O)c1cnc(-c2ccncc2)nc1N. The van der Waals surface area contributed by atoms with E-state index in [1.807, 2.05) is 0 Å². The number of rotatable bonds is 3. The molecule has 0 spiro atoms. The van der Waals surface area contributed by atoms with Crippen molar-refractivity contribution in [3.05, 3.63) is 36.3 Å². The van der Waals surface area contributed by atoms with Gasteiger partial charge in [0.15, 0.2) is 5.82 Å². The van der Waals surface area contributed by atoms with Crippen LogP contribution in [0.1, 0.15) is 17.3 Å². The molecule has 2 aromatic rings. The second-order valence-corrected chi connectivity index (χ2v) is 3.45. The van der Waals surface area contributed by atoms with Crippen LogP contribution in [0.25, 0.3) is 11.4 Å². The molecule has 2 heterocycles. The van der Waals surface area contributed by atoms with Gasteiger partial charge < -0.3 is 10.5 Å². The molecule has 0 unspecified atom stereocenters. The Morgan fingerprint density at radius 2 is 2.11 bits per heavy atom. The Hall–Kier alpha value is -2.50. The quantitative estimate of drug-likeness (QED) is 0.818. The Labute approximate surface area is 104 Å². The number of pyridine rings is 1. The predicted octanol–water partition coefficient (Wildman–Crippen LogP) is 1.30. The number of esters is 1. The number of hydrogen-bond donors (Lipinski definition) is 1. The molecule has 2 aromatic heterocycles. The minimum absolute atomic E-state index is 0.107. The van der Waals surface area contributed by atoms with Crippen LogP contribution in [-0.2, 0) is 4.74 Å². The van der Waals surface area contributed by atoms with Gasteiger partial charge in [0.2, 0.25) is 0 Å². The van der Waals surface area contributed by atoms with Crippen molar-refractivity contribution >= 4 is 11.8 Å². The summed E-state index contributed by atoms with van der Waals surface area (Å²) in [5.74, 6) is 0.0366. The molecule has 0 bridgehead atoms. The van der Waals surface area contributed by atoms with Crippen molar-refractivity contribution in [2.75, 3.05) is 12.3 Å². The summed E-state index contributed by atoms with van der Waals surface area (Å²) in [6.07, 6.45) is 4.64. The minimum atomic E-state index is -0.517. The van der Waals surface area contributed by atoms with Crippen molar-refractivity contribution in [1.29, 1.82) is 0 Å². The molecular weight excluding hydrogens is 232 g/mol. The second-order valence-electron chi connectivity index (χ2n) is 3.45. The third-order valence-electron chi connectivity index (χ3n) is 2.25. The zero-order valence-corrected chi connectivity index (χ0v) is 9.83. The van der Waals surface area contributed by atoms with Crippen molar-refractivity contribution in [3.63, 3.8) is 0 Å². The van der Waals surface area contributed by atoms with E-state index in [0.29, 0.717) is 5.82 Å². The van der Waals surface area contributed by atoms with E-state index < -0.39 is 5.97 Å². The summed E-state index contributed by atoms with van der Waals surface area (Å²) in [6.45, 7) is 2.00. The molecular formula is C12H12N4O2. The maximum Gasteiger partial charge on any atom is 0.343 e. The van der Waals surface area contributed by atoms with Crippen molar-refractivity contribution in [2.45, 2.75) is 6.92 Å². The van der Waals surface area contributed by atoms with Gasteiger partial charge in [0, 0.05) is 24.2 Å². The van der Waals surface area contributed by atoms with E-state index in [-0.39, 0.29) is 18.0 Å². The first kappa shape index (κ1) is 12.0. The normalized spacial score (nSPS) is 10.1. The lowest BCUT2D eigenvalue weighted by atomic mass is 10.2. The summed E-state index contributed by atoms with van der Waals surface area (Å²) in [6, 6.07) is 3.53. The predicted molar refractivity (Wildman–Crippen MR) is 65.6 cm³/mol. The molecule has 0 saturated heterocycles. The fourth-order valence-corrected chi connectivity index (χ4v) is 1.40. The van der Waals surface area contributed by atoms with E-state index in [2.05, 4.69) is 15.0 Å². The molecule has 0 aliphatic carbocycles. The fraction of sp³-hybridized carbons (Fsp3) is 0.167. The molecule has 6 heteroatoms. The van der Waals surface area contributed by atoms with E-state index in [1.54, 1.807) is 31.5 Å². The first-order valence-electron chi connectivity index (χ1n) is 5.42. The van der Waals surface area contributed by atoms with Gasteiger partial charge in [0.25, 0.3) is 0 Å². The summed E-state index contributed by atoms with van der Waals surface area (Å²) < 4.78 is 4.85. The van der Waals surface area contributed by atoms with Crippen LogP contribution in [0.5, 0.6) is 0 Å². The molecule has 92 valence electrons. The highest BCUT2D eigenvalue weighted by Gasteiger charge is 2.13. The summed E-state index contributed by atoms with van der Waals surface area (Å²) in [4.78, 5) is 23.6. The van der Waals surface area contributed by atoms with Gasteiger partial charge in [0.1, 0.15) is 11.4 Å². The third-order valence-corrected chi connectivity index (χ3v) is 2.25. The average Bonchev–Trinajstić information content (AvgIpc) is 2.40. The smallest absolute Gasteiger partial charge is 0.343 e. The fourth-order valence-electron chi connectivity index (χ4n) is 1.40. The molecule has 0 amide bonds. The number of carbonyl (C=O) groups is 1. The van der Waals surface area contributed by atoms with Crippen LogP contribution in [-0.4, -0.2) is 27.5 Å². The first-order valence-corrected chi connectivity index (χ1v) is 5.42. The molecule has 0 saturated carbocycles. The topological polar surface area (TPSA) is 91.0 Å². The zero-order valence-electron chi connectivity index (χ0n) is 9.83. The second kappa shape index (κ2) is 5.22. The maximum absolute atomic E-state index is 11.5. The Kier molecular flexibility index (Phi) is 3.47. The molecule has 0 radical (unpaired) electrons. The van der Waals surface area contributed by atoms with Gasteiger partial charge in [-0.3, -0.25) is 4.98 Å². The molecule has 2 N–H and O–H groups in total. The zero-order chi connectivity index (χ0) is 13.0. The largest absolute Gasteiger partial charge is 0.462 e. The Balaban J connectivity index is 2.34. The molecule has 0 atom stereocenters. The van der Waals surface area contributed by atoms with Gasteiger partial charge >= 0.3 is 5.97 Å². The highest BCUT2D eigenvalue weighted by molar-refractivity contribution is 5.94. The van der Waals surface area contributed by atoms with E-state index >= 15 is 0 Å². The molecule has 0 fully saturated rings. The lowest BCUT2D eigenvalue weighted by Gasteiger charge is -2.05. The van der Waals surface area contributed by atoms with Crippen LogP contribution >= 0.6 is 0 Å². The number of nitrogens with zero attached hydrogens (tertiary/aromatic N) is 3. The van der Waals surface area contributed by atoms with Crippen LogP contribution in [0.3, 0.4) is 0 Å².